The van der Waals surface area contributed by atoms with Crippen molar-refractivity contribution in [3.8, 4) is 0 Å². The summed E-state index contributed by atoms with van der Waals surface area (Å²) in [5, 5.41) is 9.30. The largest absolute Gasteiger partial charge is 0.395 e. The van der Waals surface area contributed by atoms with E-state index < -0.39 is 15.9 Å². The number of nitrogens with zero attached hydrogens (tertiary/aromatic N) is 1. The first-order valence-corrected chi connectivity index (χ1v) is 15.9. The van der Waals surface area contributed by atoms with Gasteiger partial charge in [-0.2, -0.15) is 8.42 Å². The van der Waals surface area contributed by atoms with E-state index >= 15 is 0 Å². The lowest BCUT2D eigenvalue weighted by Gasteiger charge is -2.60. The van der Waals surface area contributed by atoms with Crippen molar-refractivity contribution in [3.05, 3.63) is 0 Å². The first-order valence-electron chi connectivity index (χ1n) is 14.2. The monoisotopic (exact) mass is 525 g/mol. The molecular weight excluding hydrogens is 478 g/mol. The molecule has 0 radical (unpaired) electrons. The van der Waals surface area contributed by atoms with Crippen molar-refractivity contribution >= 4 is 21.8 Å². The van der Waals surface area contributed by atoms with Gasteiger partial charge in [-0.15, -0.1) is 0 Å². The normalized spacial score (nSPS) is 39.1. The molecule has 4 rings (SSSR count). The SMILES string of the molecule is C[C@H](CCC(=O)N(CCO)CCS(=O)(=O)O)[C@H]1CC[C@H]2[C@@H]3CC[C@@H]4CC(=O)CC[C@]4(C)[C@H]3CC[C@]12C. The van der Waals surface area contributed by atoms with Gasteiger partial charge in [-0.25, -0.2) is 0 Å². The number of carbonyl (C=O) groups is 2. The minimum atomic E-state index is -4.15. The number of hydrogen-bond donors (Lipinski definition) is 2. The number of amides is 1. The van der Waals surface area contributed by atoms with Crippen LogP contribution in [0.2, 0.25) is 0 Å². The molecule has 8 heteroatoms. The summed E-state index contributed by atoms with van der Waals surface area (Å²) in [5.41, 5.74) is 0.625. The van der Waals surface area contributed by atoms with Gasteiger partial charge in [0.25, 0.3) is 10.1 Å². The molecule has 0 unspecified atom stereocenters. The highest BCUT2D eigenvalue weighted by Crippen LogP contribution is 2.68. The van der Waals surface area contributed by atoms with Gasteiger partial charge in [0, 0.05) is 32.4 Å². The molecule has 2 N–H and O–H groups in total. The molecule has 0 heterocycles. The van der Waals surface area contributed by atoms with Gasteiger partial charge in [-0.3, -0.25) is 14.1 Å². The molecule has 4 aliphatic rings. The van der Waals surface area contributed by atoms with E-state index in [1.165, 1.54) is 43.4 Å². The van der Waals surface area contributed by atoms with E-state index in [4.69, 9.17) is 4.55 Å². The van der Waals surface area contributed by atoms with Crippen molar-refractivity contribution in [2.75, 3.05) is 25.4 Å². The van der Waals surface area contributed by atoms with E-state index in [2.05, 4.69) is 20.8 Å². The summed E-state index contributed by atoms with van der Waals surface area (Å²) >= 11 is 0. The van der Waals surface area contributed by atoms with Crippen LogP contribution in [0.1, 0.15) is 91.4 Å². The zero-order chi connectivity index (χ0) is 26.3. The highest BCUT2D eigenvalue weighted by atomic mass is 32.2. The fraction of sp³-hybridized carbons (Fsp3) is 0.929. The van der Waals surface area contributed by atoms with Crippen LogP contribution in [0.25, 0.3) is 0 Å². The number of aliphatic hydroxyl groups excluding tert-OH is 1. The zero-order valence-electron chi connectivity index (χ0n) is 22.5. The van der Waals surface area contributed by atoms with Crippen LogP contribution >= 0.6 is 0 Å². The molecular formula is C28H47NO6S. The predicted octanol–water partition coefficient (Wildman–Crippen LogP) is 4.34. The zero-order valence-corrected chi connectivity index (χ0v) is 23.3. The van der Waals surface area contributed by atoms with Gasteiger partial charge >= 0.3 is 0 Å². The molecule has 0 bridgehead atoms. The van der Waals surface area contributed by atoms with Crippen LogP contribution < -0.4 is 0 Å². The Morgan fingerprint density at radius 2 is 1.78 bits per heavy atom. The molecule has 0 saturated heterocycles. The van der Waals surface area contributed by atoms with Crippen molar-refractivity contribution in [3.63, 3.8) is 0 Å². The Balaban J connectivity index is 1.38. The summed E-state index contributed by atoms with van der Waals surface area (Å²) in [6.45, 7) is 7.03. The molecule has 1 amide bonds. The predicted molar refractivity (Wildman–Crippen MR) is 139 cm³/mol. The maximum absolute atomic E-state index is 12.8. The Bertz CT molecular complexity index is 936. The lowest BCUT2D eigenvalue weighted by atomic mass is 9.44. The second kappa shape index (κ2) is 10.6. The van der Waals surface area contributed by atoms with Crippen molar-refractivity contribution in [2.45, 2.75) is 91.4 Å². The third-order valence-corrected chi connectivity index (χ3v) is 12.1. The molecule has 0 aromatic rings. The first kappa shape index (κ1) is 28.0. The Morgan fingerprint density at radius 1 is 1.06 bits per heavy atom. The lowest BCUT2D eigenvalue weighted by molar-refractivity contribution is -0.140. The summed E-state index contributed by atoms with van der Waals surface area (Å²) in [4.78, 5) is 26.3. The summed E-state index contributed by atoms with van der Waals surface area (Å²) in [7, 11) is -4.15. The van der Waals surface area contributed by atoms with Crippen LogP contribution in [-0.2, 0) is 19.7 Å². The minimum Gasteiger partial charge on any atom is -0.395 e. The Morgan fingerprint density at radius 3 is 2.47 bits per heavy atom. The highest BCUT2D eigenvalue weighted by molar-refractivity contribution is 7.85. The first-order chi connectivity index (χ1) is 16.9. The number of carbonyl (C=O) groups excluding carboxylic acids is 2. The molecule has 0 aliphatic heterocycles. The average Bonchev–Trinajstić information content (AvgIpc) is 3.17. The number of fused-ring (bicyclic) bond motifs is 5. The summed E-state index contributed by atoms with van der Waals surface area (Å²) < 4.78 is 31.3. The van der Waals surface area contributed by atoms with Crippen molar-refractivity contribution in [1.29, 1.82) is 0 Å². The van der Waals surface area contributed by atoms with Gasteiger partial charge in [0.15, 0.2) is 0 Å². The third-order valence-electron chi connectivity index (χ3n) is 11.4. The average molecular weight is 526 g/mol. The molecule has 8 atom stereocenters. The lowest BCUT2D eigenvalue weighted by Crippen LogP contribution is -2.53. The molecule has 36 heavy (non-hydrogen) atoms. The molecule has 0 aromatic heterocycles. The topological polar surface area (TPSA) is 112 Å². The third kappa shape index (κ3) is 5.42. The van der Waals surface area contributed by atoms with E-state index in [-0.39, 0.29) is 25.6 Å². The summed E-state index contributed by atoms with van der Waals surface area (Å²) in [6.07, 6.45) is 11.2. The molecule has 7 nitrogen and oxygen atoms in total. The number of Topliss-reactive ketones (excluding diaryl/α,β-unsaturated/α-hetero) is 1. The molecule has 4 saturated carbocycles. The standard InChI is InChI=1S/C28H47NO6S/c1-19(4-9-26(32)29(14-16-30)15-17-36(33,34)35)23-7-8-24-22-6-5-20-18-21(31)10-12-27(20,2)25(22)11-13-28(23,24)3/h19-20,22-25,30H,4-18H2,1-3H3,(H,33,34,35)/t19-,20-,22+,23-,24+,25+,27+,28-/m1/s1. The van der Waals surface area contributed by atoms with E-state index in [0.717, 1.165) is 43.4 Å². The Kier molecular flexibility index (Phi) is 8.29. The van der Waals surface area contributed by atoms with Gasteiger partial charge in [0.2, 0.25) is 5.91 Å². The smallest absolute Gasteiger partial charge is 0.266 e. The van der Waals surface area contributed by atoms with Crippen LogP contribution in [0, 0.1) is 46.3 Å². The van der Waals surface area contributed by atoms with Crippen LogP contribution in [0.15, 0.2) is 0 Å². The van der Waals surface area contributed by atoms with Crippen LogP contribution in [-0.4, -0.2) is 60.1 Å². The Hall–Kier alpha value is -0.990. The maximum Gasteiger partial charge on any atom is 0.266 e. The van der Waals surface area contributed by atoms with E-state index in [9.17, 15) is 23.1 Å². The van der Waals surface area contributed by atoms with E-state index in [1.807, 2.05) is 0 Å². The highest BCUT2D eigenvalue weighted by Gasteiger charge is 2.60. The van der Waals surface area contributed by atoms with Gasteiger partial charge in [0.05, 0.1) is 12.4 Å². The van der Waals surface area contributed by atoms with Gasteiger partial charge < -0.3 is 10.0 Å². The number of rotatable bonds is 9. The molecule has 0 aromatic carbocycles. The quantitative estimate of drug-likeness (QED) is 0.433. The molecule has 206 valence electrons. The fourth-order valence-electron chi connectivity index (χ4n) is 9.44. The van der Waals surface area contributed by atoms with Crippen LogP contribution in [0.3, 0.4) is 0 Å². The number of ketones is 1. The number of aliphatic hydroxyl groups is 1. The Labute approximate surface area is 217 Å². The van der Waals surface area contributed by atoms with Gasteiger partial charge in [-0.05, 0) is 97.7 Å². The molecule has 4 fully saturated rings. The number of hydrogen-bond acceptors (Lipinski definition) is 5. The summed E-state index contributed by atoms with van der Waals surface area (Å²) in [6, 6.07) is 0. The van der Waals surface area contributed by atoms with Crippen molar-refractivity contribution < 1.29 is 27.7 Å². The fourth-order valence-corrected chi connectivity index (χ4v) is 9.89. The second-order valence-corrected chi connectivity index (χ2v) is 14.6. The van der Waals surface area contributed by atoms with Gasteiger partial charge in [-0.1, -0.05) is 20.8 Å². The molecule has 4 aliphatic carbocycles. The van der Waals surface area contributed by atoms with E-state index in [0.29, 0.717) is 40.8 Å². The van der Waals surface area contributed by atoms with Crippen molar-refractivity contribution in [1.82, 2.24) is 4.90 Å². The summed E-state index contributed by atoms with van der Waals surface area (Å²) in [5.74, 6) is 3.61. The second-order valence-electron chi connectivity index (χ2n) is 13.0. The van der Waals surface area contributed by atoms with Gasteiger partial charge in [0.1, 0.15) is 5.78 Å². The molecule has 0 spiro atoms. The van der Waals surface area contributed by atoms with Crippen LogP contribution in [0.5, 0.6) is 0 Å². The maximum atomic E-state index is 12.8. The van der Waals surface area contributed by atoms with E-state index in [1.54, 1.807) is 0 Å². The van der Waals surface area contributed by atoms with Crippen LogP contribution in [0.4, 0.5) is 0 Å². The van der Waals surface area contributed by atoms with Crippen molar-refractivity contribution in [2.24, 2.45) is 46.3 Å². The minimum absolute atomic E-state index is 0.0837.